The van der Waals surface area contributed by atoms with Crippen LogP contribution in [0.25, 0.3) is 0 Å². The third kappa shape index (κ3) is 4.37. The van der Waals surface area contributed by atoms with E-state index in [-0.39, 0.29) is 6.47 Å². The number of hydrogen-bond donors (Lipinski definition) is 1. The van der Waals surface area contributed by atoms with Gasteiger partial charge in [-0.15, -0.1) is 0 Å². The second-order valence-corrected chi connectivity index (χ2v) is 2.90. The van der Waals surface area contributed by atoms with Crippen LogP contribution in [0.3, 0.4) is 0 Å². The number of pyridine rings is 1. The Morgan fingerprint density at radius 3 is 2.38 bits per heavy atom. The van der Waals surface area contributed by atoms with Crippen LogP contribution < -0.4 is 0 Å². The van der Waals surface area contributed by atoms with Gasteiger partial charge in [-0.25, -0.2) is 4.98 Å². The highest BCUT2D eigenvalue weighted by Gasteiger charge is 1.97. The monoisotopic (exact) mass is 245 g/mol. The van der Waals surface area contributed by atoms with Gasteiger partial charge in [0.05, 0.1) is 0 Å². The Balaban J connectivity index is 0.000000424. The average Bonchev–Trinajstić information content (AvgIpc) is 2.10. The lowest BCUT2D eigenvalue weighted by molar-refractivity contribution is -0.122. The zero-order valence-corrected chi connectivity index (χ0v) is 8.48. The molecule has 0 saturated heterocycles. The molecule has 13 heavy (non-hydrogen) atoms. The molecule has 0 aliphatic rings. The van der Waals surface area contributed by atoms with Gasteiger partial charge >= 0.3 is 0 Å². The molecule has 0 spiro atoms. The van der Waals surface area contributed by atoms with Gasteiger partial charge in [0.1, 0.15) is 5.69 Å². The first-order valence-corrected chi connectivity index (χ1v) is 4.11. The molecule has 0 unspecified atom stereocenters. The minimum atomic E-state index is -0.250. The predicted octanol–water partition coefficient (Wildman–Crippen LogP) is 1.67. The van der Waals surface area contributed by atoms with E-state index >= 15 is 0 Å². The smallest absolute Gasteiger partial charge is 0.290 e. The van der Waals surface area contributed by atoms with Crippen molar-refractivity contribution in [3.8, 4) is 0 Å². The van der Waals surface area contributed by atoms with Gasteiger partial charge in [0.2, 0.25) is 0 Å². The number of aromatic nitrogens is 1. The standard InChI is InChI=1S/C7H6BrNO.CH2O2/c1-5-2-3-6(8)7(4-10)9-5;2-1-3/h2-4H,1H3;1H,(H,2,3). The first kappa shape index (κ1) is 11.8. The molecule has 0 fully saturated rings. The van der Waals surface area contributed by atoms with Crippen LogP contribution in [-0.2, 0) is 4.79 Å². The van der Waals surface area contributed by atoms with Crippen LogP contribution in [0.4, 0.5) is 0 Å². The van der Waals surface area contributed by atoms with Gasteiger partial charge in [0, 0.05) is 10.2 Å². The van der Waals surface area contributed by atoms with Gasteiger partial charge in [0.15, 0.2) is 6.29 Å². The number of aryl methyl sites for hydroxylation is 1. The van der Waals surface area contributed by atoms with Crippen molar-refractivity contribution < 1.29 is 14.7 Å². The molecule has 0 aliphatic heterocycles. The fourth-order valence-corrected chi connectivity index (χ4v) is 0.957. The maximum Gasteiger partial charge on any atom is 0.290 e. The molecule has 0 bridgehead atoms. The summed E-state index contributed by atoms with van der Waals surface area (Å²) in [4.78, 5) is 22.6. The number of rotatable bonds is 1. The van der Waals surface area contributed by atoms with E-state index in [4.69, 9.17) is 9.90 Å². The van der Waals surface area contributed by atoms with E-state index in [0.717, 1.165) is 16.5 Å². The summed E-state index contributed by atoms with van der Waals surface area (Å²) in [5.41, 5.74) is 1.31. The van der Waals surface area contributed by atoms with E-state index in [9.17, 15) is 4.79 Å². The number of carboxylic acid groups (broad SMARTS) is 1. The van der Waals surface area contributed by atoms with Crippen molar-refractivity contribution in [3.63, 3.8) is 0 Å². The summed E-state index contributed by atoms with van der Waals surface area (Å²) in [6.07, 6.45) is 0.733. The molecule has 0 atom stereocenters. The van der Waals surface area contributed by atoms with Gasteiger partial charge < -0.3 is 5.11 Å². The molecule has 0 amide bonds. The summed E-state index contributed by atoms with van der Waals surface area (Å²) in [5.74, 6) is 0. The lowest BCUT2D eigenvalue weighted by atomic mass is 10.3. The summed E-state index contributed by atoms with van der Waals surface area (Å²) >= 11 is 3.20. The highest BCUT2D eigenvalue weighted by atomic mass is 79.9. The fourth-order valence-electron chi connectivity index (χ4n) is 0.642. The number of nitrogens with zero attached hydrogens (tertiary/aromatic N) is 1. The summed E-state index contributed by atoms with van der Waals surface area (Å²) < 4.78 is 0.744. The summed E-state index contributed by atoms with van der Waals surface area (Å²) in [5, 5.41) is 6.89. The Morgan fingerprint density at radius 1 is 1.46 bits per heavy atom. The molecule has 0 aliphatic carbocycles. The third-order valence-electron chi connectivity index (χ3n) is 1.12. The molecule has 1 aromatic rings. The normalized spacial score (nSPS) is 8.15. The minimum absolute atomic E-state index is 0.250. The van der Waals surface area contributed by atoms with Crippen LogP contribution in [0, 0.1) is 6.92 Å². The Hall–Kier alpha value is -1.23. The number of halogens is 1. The van der Waals surface area contributed by atoms with Gasteiger partial charge in [-0.05, 0) is 35.0 Å². The van der Waals surface area contributed by atoms with E-state index in [0.29, 0.717) is 5.69 Å². The SMILES string of the molecule is Cc1ccc(Br)c(C=O)n1.O=CO. The maximum absolute atomic E-state index is 10.3. The molecule has 0 aromatic carbocycles. The summed E-state index contributed by atoms with van der Waals surface area (Å²) in [6.45, 7) is 1.60. The van der Waals surface area contributed by atoms with Gasteiger partial charge in [0.25, 0.3) is 6.47 Å². The van der Waals surface area contributed by atoms with Gasteiger partial charge in [-0.2, -0.15) is 0 Å². The fraction of sp³-hybridized carbons (Fsp3) is 0.125. The molecule has 70 valence electrons. The van der Waals surface area contributed by atoms with Crippen LogP contribution in [0.5, 0.6) is 0 Å². The Morgan fingerprint density at radius 2 is 2.00 bits per heavy atom. The van der Waals surface area contributed by atoms with Crippen LogP contribution >= 0.6 is 15.9 Å². The Labute approximate surface area is 83.7 Å². The van der Waals surface area contributed by atoms with E-state index in [1.54, 1.807) is 0 Å². The van der Waals surface area contributed by atoms with Crippen molar-refractivity contribution in [2.45, 2.75) is 6.92 Å². The van der Waals surface area contributed by atoms with Crippen molar-refractivity contribution in [3.05, 3.63) is 28.0 Å². The van der Waals surface area contributed by atoms with E-state index in [2.05, 4.69) is 20.9 Å². The Kier molecular flexibility index (Phi) is 5.71. The highest BCUT2D eigenvalue weighted by molar-refractivity contribution is 9.10. The lowest BCUT2D eigenvalue weighted by Crippen LogP contribution is -1.89. The number of carbonyl (C=O) groups excluding carboxylic acids is 1. The molecule has 0 saturated carbocycles. The zero-order valence-electron chi connectivity index (χ0n) is 6.90. The van der Waals surface area contributed by atoms with Crippen LogP contribution in [0.2, 0.25) is 0 Å². The molecule has 5 heteroatoms. The molecule has 1 aromatic heterocycles. The van der Waals surface area contributed by atoms with Crippen molar-refractivity contribution in [1.29, 1.82) is 0 Å². The van der Waals surface area contributed by atoms with E-state index < -0.39 is 0 Å². The summed E-state index contributed by atoms with van der Waals surface area (Å²) in [6, 6.07) is 3.66. The van der Waals surface area contributed by atoms with Crippen molar-refractivity contribution in [2.24, 2.45) is 0 Å². The molecular formula is C8H8BrNO3. The van der Waals surface area contributed by atoms with Crippen molar-refractivity contribution in [1.82, 2.24) is 4.98 Å². The first-order valence-electron chi connectivity index (χ1n) is 3.32. The van der Waals surface area contributed by atoms with E-state index in [1.165, 1.54) is 0 Å². The van der Waals surface area contributed by atoms with Crippen LogP contribution in [0.15, 0.2) is 16.6 Å². The number of carbonyl (C=O) groups is 2. The minimum Gasteiger partial charge on any atom is -0.483 e. The number of aldehydes is 1. The van der Waals surface area contributed by atoms with Gasteiger partial charge in [-0.1, -0.05) is 0 Å². The molecule has 1 heterocycles. The third-order valence-corrected chi connectivity index (χ3v) is 1.79. The highest BCUT2D eigenvalue weighted by Crippen LogP contribution is 2.12. The van der Waals surface area contributed by atoms with Crippen LogP contribution in [-0.4, -0.2) is 22.8 Å². The van der Waals surface area contributed by atoms with Gasteiger partial charge in [-0.3, -0.25) is 9.59 Å². The maximum atomic E-state index is 10.3. The molecular weight excluding hydrogens is 238 g/mol. The second-order valence-electron chi connectivity index (χ2n) is 2.04. The first-order chi connectivity index (χ1) is 6.15. The molecule has 0 radical (unpaired) electrons. The zero-order chi connectivity index (χ0) is 10.3. The average molecular weight is 246 g/mol. The molecule has 1 rings (SSSR count). The predicted molar refractivity (Wildman–Crippen MR) is 50.8 cm³/mol. The van der Waals surface area contributed by atoms with Crippen LogP contribution in [0.1, 0.15) is 16.2 Å². The van der Waals surface area contributed by atoms with E-state index in [1.807, 2.05) is 19.1 Å². The molecule has 1 N–H and O–H groups in total. The van der Waals surface area contributed by atoms with Crippen molar-refractivity contribution in [2.75, 3.05) is 0 Å². The second kappa shape index (κ2) is 6.30. The quantitative estimate of drug-likeness (QED) is 0.765. The lowest BCUT2D eigenvalue weighted by Gasteiger charge is -1.94. The summed E-state index contributed by atoms with van der Waals surface area (Å²) in [7, 11) is 0. The number of hydrogen-bond acceptors (Lipinski definition) is 3. The molecule has 4 nitrogen and oxygen atoms in total. The Bertz CT molecular complexity index is 301. The largest absolute Gasteiger partial charge is 0.483 e. The van der Waals surface area contributed by atoms with Crippen molar-refractivity contribution >= 4 is 28.7 Å². The topological polar surface area (TPSA) is 67.3 Å².